The number of nitrogens with one attached hydrogen (secondary N) is 2. The van der Waals surface area contributed by atoms with E-state index in [4.69, 9.17) is 9.84 Å². The van der Waals surface area contributed by atoms with Crippen LogP contribution in [0.5, 0.6) is 0 Å². The third kappa shape index (κ3) is 6.12. The number of rotatable bonds is 11. The highest BCUT2D eigenvalue weighted by Crippen LogP contribution is 2.44. The molecule has 2 aromatic rings. The quantitative estimate of drug-likeness (QED) is 0.467. The average Bonchev–Trinajstić information content (AvgIpc) is 3.11. The topological polar surface area (TPSA) is 105 Å². The van der Waals surface area contributed by atoms with Crippen LogP contribution in [0.25, 0.3) is 11.1 Å². The maximum Gasteiger partial charge on any atom is 0.407 e. The molecule has 7 nitrogen and oxygen atoms in total. The molecule has 33 heavy (non-hydrogen) atoms. The van der Waals surface area contributed by atoms with Crippen LogP contribution in [0, 0.1) is 0 Å². The van der Waals surface area contributed by atoms with Crippen molar-refractivity contribution in [3.05, 3.63) is 59.7 Å². The molecule has 0 aromatic heterocycles. The number of aliphatic carboxylic acids is 1. The summed E-state index contributed by atoms with van der Waals surface area (Å²) in [4.78, 5) is 36.4. The first-order valence-electron chi connectivity index (χ1n) is 11.6. The molecular weight excluding hydrogens is 420 g/mol. The van der Waals surface area contributed by atoms with E-state index in [1.54, 1.807) is 0 Å². The van der Waals surface area contributed by atoms with Gasteiger partial charge in [0, 0.05) is 12.0 Å². The third-order valence-corrected chi connectivity index (χ3v) is 5.93. The molecular formula is C26H32N2O5. The monoisotopic (exact) mass is 452 g/mol. The predicted molar refractivity (Wildman–Crippen MR) is 126 cm³/mol. The number of carboxylic acid groups (broad SMARTS) is 1. The summed E-state index contributed by atoms with van der Waals surface area (Å²) >= 11 is 0. The molecule has 3 N–H and O–H groups in total. The van der Waals surface area contributed by atoms with Gasteiger partial charge < -0.3 is 20.5 Å². The Balaban J connectivity index is 1.62. The fourth-order valence-corrected chi connectivity index (χ4v) is 4.43. The van der Waals surface area contributed by atoms with Crippen LogP contribution >= 0.6 is 0 Å². The van der Waals surface area contributed by atoms with E-state index < -0.39 is 24.1 Å². The molecule has 1 aliphatic carbocycles. The van der Waals surface area contributed by atoms with Gasteiger partial charge in [-0.05, 0) is 35.1 Å². The van der Waals surface area contributed by atoms with Crippen LogP contribution in [-0.2, 0) is 14.3 Å². The molecule has 0 bridgehead atoms. The van der Waals surface area contributed by atoms with Crippen LogP contribution in [0.15, 0.2) is 48.5 Å². The van der Waals surface area contributed by atoms with Crippen LogP contribution in [0.4, 0.5) is 4.79 Å². The van der Waals surface area contributed by atoms with Crippen molar-refractivity contribution in [2.75, 3.05) is 6.61 Å². The zero-order valence-electron chi connectivity index (χ0n) is 19.2. The van der Waals surface area contributed by atoms with E-state index in [1.165, 1.54) is 0 Å². The second-order valence-corrected chi connectivity index (χ2v) is 8.40. The molecule has 0 heterocycles. The van der Waals surface area contributed by atoms with Crippen LogP contribution in [0.2, 0.25) is 0 Å². The molecule has 0 radical (unpaired) electrons. The van der Waals surface area contributed by atoms with Gasteiger partial charge in [-0.1, -0.05) is 75.2 Å². The summed E-state index contributed by atoms with van der Waals surface area (Å²) in [5.41, 5.74) is 4.52. The highest BCUT2D eigenvalue weighted by atomic mass is 16.5. The molecule has 0 fully saturated rings. The lowest BCUT2D eigenvalue weighted by Crippen LogP contribution is -2.50. The number of benzene rings is 2. The number of carbonyl (C=O) groups is 3. The molecule has 3 rings (SSSR count). The number of ether oxygens (including phenoxy) is 1. The van der Waals surface area contributed by atoms with Gasteiger partial charge in [-0.25, -0.2) is 4.79 Å². The molecule has 0 saturated carbocycles. The van der Waals surface area contributed by atoms with Crippen molar-refractivity contribution in [1.29, 1.82) is 0 Å². The number of amides is 2. The zero-order valence-corrected chi connectivity index (χ0v) is 19.2. The number of carbonyl (C=O) groups excluding carboxylic acids is 2. The maximum absolute atomic E-state index is 12.7. The van der Waals surface area contributed by atoms with Crippen molar-refractivity contribution < 1.29 is 24.2 Å². The maximum atomic E-state index is 12.7. The first-order valence-corrected chi connectivity index (χ1v) is 11.6. The van der Waals surface area contributed by atoms with Crippen molar-refractivity contribution in [1.82, 2.24) is 10.6 Å². The van der Waals surface area contributed by atoms with Crippen LogP contribution < -0.4 is 10.6 Å². The smallest absolute Gasteiger partial charge is 0.407 e. The summed E-state index contributed by atoms with van der Waals surface area (Å²) in [6.45, 7) is 4.01. The Morgan fingerprint density at radius 1 is 0.909 bits per heavy atom. The Morgan fingerprint density at radius 3 is 2.03 bits per heavy atom. The number of carboxylic acids is 1. The van der Waals surface area contributed by atoms with Gasteiger partial charge in [-0.15, -0.1) is 0 Å². The number of fused-ring (bicyclic) bond motifs is 3. The molecule has 7 heteroatoms. The lowest BCUT2D eigenvalue weighted by atomic mass is 9.98. The lowest BCUT2D eigenvalue weighted by molar-refractivity contribution is -0.137. The van der Waals surface area contributed by atoms with Crippen LogP contribution in [-0.4, -0.2) is 41.8 Å². The van der Waals surface area contributed by atoms with E-state index in [0.717, 1.165) is 28.7 Å². The predicted octanol–water partition coefficient (Wildman–Crippen LogP) is 4.45. The first-order chi connectivity index (χ1) is 15.9. The standard InChI is InChI=1S/C26H32N2O5/c1-3-9-17(15-24(29)30)27-25(31)23(10-4-2)28-26(32)33-16-22-20-13-7-5-11-18(20)19-12-6-8-14-21(19)22/h5-8,11-14,17,22-23H,3-4,9-10,15-16H2,1-2H3,(H,27,31)(H,28,32)(H,29,30)/t17-,23?/m1/s1. The minimum Gasteiger partial charge on any atom is -0.481 e. The molecule has 1 unspecified atom stereocenters. The van der Waals surface area contributed by atoms with Crippen molar-refractivity contribution in [3.63, 3.8) is 0 Å². The zero-order chi connectivity index (χ0) is 23.8. The summed E-state index contributed by atoms with van der Waals surface area (Å²) < 4.78 is 5.56. The van der Waals surface area contributed by atoms with Crippen LogP contribution in [0.3, 0.4) is 0 Å². The number of alkyl carbamates (subject to hydrolysis) is 1. The number of hydrogen-bond donors (Lipinski definition) is 3. The molecule has 176 valence electrons. The van der Waals surface area contributed by atoms with Crippen molar-refractivity contribution in [2.24, 2.45) is 0 Å². The van der Waals surface area contributed by atoms with Gasteiger partial charge in [0.25, 0.3) is 0 Å². The largest absolute Gasteiger partial charge is 0.481 e. The Morgan fingerprint density at radius 2 is 1.48 bits per heavy atom. The van der Waals surface area contributed by atoms with Gasteiger partial charge in [0.2, 0.25) is 5.91 Å². The van der Waals surface area contributed by atoms with Gasteiger partial charge in [0.05, 0.1) is 6.42 Å². The summed E-state index contributed by atoms with van der Waals surface area (Å²) in [5, 5.41) is 14.5. The first kappa shape index (κ1) is 24.3. The second kappa shape index (κ2) is 11.5. The lowest BCUT2D eigenvalue weighted by Gasteiger charge is -2.22. The fourth-order valence-electron chi connectivity index (χ4n) is 4.43. The molecule has 0 spiro atoms. The van der Waals surface area contributed by atoms with Crippen molar-refractivity contribution in [2.45, 2.75) is 64.0 Å². The van der Waals surface area contributed by atoms with E-state index >= 15 is 0 Å². The Bertz CT molecular complexity index is 945. The summed E-state index contributed by atoms with van der Waals surface area (Å²) in [6.07, 6.45) is 1.61. The highest BCUT2D eigenvalue weighted by Gasteiger charge is 2.30. The molecule has 0 saturated heterocycles. The normalized spacial score (nSPS) is 14.0. The van der Waals surface area contributed by atoms with E-state index in [0.29, 0.717) is 19.3 Å². The molecule has 1 aliphatic rings. The SMILES string of the molecule is CCCC(NC(=O)OCC1c2ccccc2-c2ccccc21)C(=O)N[C@H](CCC)CC(=O)O. The minimum atomic E-state index is -0.967. The molecule has 0 aliphatic heterocycles. The van der Waals surface area contributed by atoms with Gasteiger partial charge in [0.1, 0.15) is 12.6 Å². The molecule has 2 atom stereocenters. The third-order valence-electron chi connectivity index (χ3n) is 5.93. The minimum absolute atomic E-state index is 0.0638. The van der Waals surface area contributed by atoms with Gasteiger partial charge in [-0.3, -0.25) is 9.59 Å². The van der Waals surface area contributed by atoms with Crippen LogP contribution in [0.1, 0.15) is 63.0 Å². The molecule has 2 aromatic carbocycles. The van der Waals surface area contributed by atoms with Crippen molar-refractivity contribution in [3.8, 4) is 11.1 Å². The highest BCUT2D eigenvalue weighted by molar-refractivity contribution is 5.86. The number of hydrogen-bond acceptors (Lipinski definition) is 4. The van der Waals surface area contributed by atoms with E-state index in [1.807, 2.05) is 50.2 Å². The summed E-state index contributed by atoms with van der Waals surface area (Å²) in [6, 6.07) is 14.9. The van der Waals surface area contributed by atoms with E-state index in [9.17, 15) is 14.4 Å². The van der Waals surface area contributed by atoms with Crippen molar-refractivity contribution >= 4 is 18.0 Å². The fraction of sp³-hybridized carbons (Fsp3) is 0.423. The van der Waals surface area contributed by atoms with Gasteiger partial charge >= 0.3 is 12.1 Å². The molecule has 2 amide bonds. The van der Waals surface area contributed by atoms with E-state index in [-0.39, 0.29) is 24.9 Å². The second-order valence-electron chi connectivity index (χ2n) is 8.40. The van der Waals surface area contributed by atoms with Gasteiger partial charge in [0.15, 0.2) is 0 Å². The summed E-state index contributed by atoms with van der Waals surface area (Å²) in [5.74, 6) is -1.42. The van der Waals surface area contributed by atoms with Gasteiger partial charge in [-0.2, -0.15) is 0 Å². The Labute approximate surface area is 194 Å². The van der Waals surface area contributed by atoms with E-state index in [2.05, 4.69) is 22.8 Å². The Kier molecular flexibility index (Phi) is 8.46. The Hall–Kier alpha value is -3.35. The average molecular weight is 453 g/mol. The summed E-state index contributed by atoms with van der Waals surface area (Å²) in [7, 11) is 0.